The minimum Gasteiger partial charge on any atom is -0.508 e. The van der Waals surface area contributed by atoms with Crippen LogP contribution in [0.25, 0.3) is 11.0 Å². The SMILES string of the molecule is CC(NCc1nc2ccccc2[nH]1)c1ccc(O)cc1F. The van der Waals surface area contributed by atoms with Gasteiger partial charge in [0.1, 0.15) is 17.4 Å². The summed E-state index contributed by atoms with van der Waals surface area (Å²) in [7, 11) is 0. The van der Waals surface area contributed by atoms with Crippen LogP contribution in [0, 0.1) is 5.82 Å². The van der Waals surface area contributed by atoms with E-state index in [9.17, 15) is 9.50 Å². The summed E-state index contributed by atoms with van der Waals surface area (Å²) < 4.78 is 13.8. The first-order valence-electron chi connectivity index (χ1n) is 6.79. The molecule has 0 amide bonds. The molecule has 0 saturated carbocycles. The Bertz CT molecular complexity index is 736. The van der Waals surface area contributed by atoms with Gasteiger partial charge in [-0.15, -0.1) is 0 Å². The lowest BCUT2D eigenvalue weighted by Crippen LogP contribution is -2.19. The predicted molar refractivity (Wildman–Crippen MR) is 79.4 cm³/mol. The summed E-state index contributed by atoms with van der Waals surface area (Å²) in [4.78, 5) is 7.68. The maximum absolute atomic E-state index is 13.8. The van der Waals surface area contributed by atoms with E-state index in [0.29, 0.717) is 12.1 Å². The lowest BCUT2D eigenvalue weighted by molar-refractivity contribution is 0.463. The highest BCUT2D eigenvalue weighted by Gasteiger charge is 2.12. The fraction of sp³-hybridized carbons (Fsp3) is 0.188. The van der Waals surface area contributed by atoms with E-state index in [0.717, 1.165) is 22.9 Å². The molecule has 108 valence electrons. The molecule has 3 rings (SSSR count). The molecule has 0 aliphatic rings. The molecule has 3 N–H and O–H groups in total. The Kier molecular flexibility index (Phi) is 3.58. The fourth-order valence-electron chi connectivity index (χ4n) is 2.32. The minimum atomic E-state index is -0.417. The number of hydrogen-bond acceptors (Lipinski definition) is 3. The van der Waals surface area contributed by atoms with Crippen LogP contribution in [-0.4, -0.2) is 15.1 Å². The van der Waals surface area contributed by atoms with Crippen molar-refractivity contribution in [3.05, 3.63) is 59.7 Å². The molecule has 1 unspecified atom stereocenters. The number of aromatic amines is 1. The van der Waals surface area contributed by atoms with Gasteiger partial charge in [0.25, 0.3) is 0 Å². The van der Waals surface area contributed by atoms with E-state index >= 15 is 0 Å². The summed E-state index contributed by atoms with van der Waals surface area (Å²) in [6.07, 6.45) is 0. The highest BCUT2D eigenvalue weighted by molar-refractivity contribution is 5.74. The zero-order valence-electron chi connectivity index (χ0n) is 11.6. The minimum absolute atomic E-state index is 0.0688. The van der Waals surface area contributed by atoms with Gasteiger partial charge in [0, 0.05) is 17.7 Å². The van der Waals surface area contributed by atoms with E-state index < -0.39 is 5.82 Å². The summed E-state index contributed by atoms with van der Waals surface area (Å²) >= 11 is 0. The normalized spacial score (nSPS) is 12.7. The van der Waals surface area contributed by atoms with Crippen LogP contribution >= 0.6 is 0 Å². The number of fused-ring (bicyclic) bond motifs is 1. The van der Waals surface area contributed by atoms with E-state index in [1.54, 1.807) is 6.07 Å². The van der Waals surface area contributed by atoms with Crippen molar-refractivity contribution in [3.8, 4) is 5.75 Å². The molecule has 0 aliphatic heterocycles. The Balaban J connectivity index is 1.71. The van der Waals surface area contributed by atoms with Gasteiger partial charge >= 0.3 is 0 Å². The van der Waals surface area contributed by atoms with Crippen LogP contribution in [0.4, 0.5) is 4.39 Å². The molecule has 21 heavy (non-hydrogen) atoms. The number of phenolic OH excluding ortho intramolecular Hbond substituents is 1. The van der Waals surface area contributed by atoms with E-state index in [-0.39, 0.29) is 11.8 Å². The first-order valence-corrected chi connectivity index (χ1v) is 6.79. The third-order valence-electron chi connectivity index (χ3n) is 3.46. The topological polar surface area (TPSA) is 60.9 Å². The van der Waals surface area contributed by atoms with Crippen molar-refractivity contribution in [3.63, 3.8) is 0 Å². The lowest BCUT2D eigenvalue weighted by Gasteiger charge is -2.14. The maximum atomic E-state index is 13.8. The first kappa shape index (κ1) is 13.6. The number of imidazole rings is 1. The third kappa shape index (κ3) is 2.87. The number of H-pyrrole nitrogens is 1. The van der Waals surface area contributed by atoms with Gasteiger partial charge in [0.2, 0.25) is 0 Å². The molecule has 3 aromatic rings. The summed E-state index contributed by atoms with van der Waals surface area (Å²) in [5, 5.41) is 12.5. The highest BCUT2D eigenvalue weighted by Crippen LogP contribution is 2.21. The summed E-state index contributed by atoms with van der Waals surface area (Å²) in [6.45, 7) is 2.38. The molecule has 0 spiro atoms. The van der Waals surface area contributed by atoms with E-state index in [1.165, 1.54) is 6.07 Å². The van der Waals surface area contributed by atoms with Gasteiger partial charge in [-0.3, -0.25) is 0 Å². The zero-order valence-corrected chi connectivity index (χ0v) is 11.6. The lowest BCUT2D eigenvalue weighted by atomic mass is 10.1. The maximum Gasteiger partial charge on any atom is 0.131 e. The van der Waals surface area contributed by atoms with Crippen molar-refractivity contribution >= 4 is 11.0 Å². The summed E-state index contributed by atoms with van der Waals surface area (Å²) in [5.74, 6) is 0.322. The van der Waals surface area contributed by atoms with Gasteiger partial charge in [-0.1, -0.05) is 18.2 Å². The van der Waals surface area contributed by atoms with Crippen LogP contribution in [0.3, 0.4) is 0 Å². The second-order valence-electron chi connectivity index (χ2n) is 5.01. The van der Waals surface area contributed by atoms with E-state index in [1.807, 2.05) is 31.2 Å². The fourth-order valence-corrected chi connectivity index (χ4v) is 2.32. The molecular weight excluding hydrogens is 269 g/mol. The number of para-hydroxylation sites is 2. The van der Waals surface area contributed by atoms with Crippen LogP contribution in [-0.2, 0) is 6.54 Å². The molecule has 0 bridgehead atoms. The number of phenols is 1. The molecule has 4 nitrogen and oxygen atoms in total. The molecular formula is C16H16FN3O. The van der Waals surface area contributed by atoms with Crippen molar-refractivity contribution in [2.45, 2.75) is 19.5 Å². The second kappa shape index (κ2) is 5.54. The molecule has 1 aromatic heterocycles. The van der Waals surface area contributed by atoms with Crippen molar-refractivity contribution in [1.82, 2.24) is 15.3 Å². The van der Waals surface area contributed by atoms with Crippen LogP contribution < -0.4 is 5.32 Å². The van der Waals surface area contributed by atoms with Crippen molar-refractivity contribution in [1.29, 1.82) is 0 Å². The van der Waals surface area contributed by atoms with Crippen LogP contribution in [0.1, 0.15) is 24.4 Å². The van der Waals surface area contributed by atoms with Gasteiger partial charge in [-0.25, -0.2) is 9.37 Å². The van der Waals surface area contributed by atoms with Crippen LogP contribution in [0.2, 0.25) is 0 Å². The molecule has 0 aliphatic carbocycles. The van der Waals surface area contributed by atoms with E-state index in [4.69, 9.17) is 0 Å². The van der Waals surface area contributed by atoms with Gasteiger partial charge < -0.3 is 15.4 Å². The molecule has 2 aromatic carbocycles. The van der Waals surface area contributed by atoms with E-state index in [2.05, 4.69) is 15.3 Å². The Hall–Kier alpha value is -2.40. The van der Waals surface area contributed by atoms with Crippen LogP contribution in [0.15, 0.2) is 42.5 Å². The zero-order chi connectivity index (χ0) is 14.8. The Morgan fingerprint density at radius 2 is 2.10 bits per heavy atom. The number of nitrogens with one attached hydrogen (secondary N) is 2. The number of halogens is 1. The standard InChI is InChI=1S/C16H16FN3O/c1-10(12-7-6-11(21)8-13(12)17)18-9-16-19-14-4-2-3-5-15(14)20-16/h2-8,10,18,21H,9H2,1H3,(H,19,20). The highest BCUT2D eigenvalue weighted by atomic mass is 19.1. The van der Waals surface area contributed by atoms with Gasteiger partial charge in [-0.05, 0) is 25.1 Å². The number of benzene rings is 2. The number of nitrogens with zero attached hydrogens (tertiary/aromatic N) is 1. The first-order chi connectivity index (χ1) is 10.1. The summed E-state index contributed by atoms with van der Waals surface area (Å²) in [5.41, 5.74) is 2.42. The smallest absolute Gasteiger partial charge is 0.131 e. The molecule has 0 radical (unpaired) electrons. The quantitative estimate of drug-likeness (QED) is 0.689. The largest absolute Gasteiger partial charge is 0.508 e. The summed E-state index contributed by atoms with van der Waals surface area (Å²) in [6, 6.07) is 11.8. The number of aromatic nitrogens is 2. The number of rotatable bonds is 4. The second-order valence-corrected chi connectivity index (χ2v) is 5.01. The Morgan fingerprint density at radius 3 is 2.86 bits per heavy atom. The Morgan fingerprint density at radius 1 is 1.29 bits per heavy atom. The Labute approximate surface area is 121 Å². The predicted octanol–water partition coefficient (Wildman–Crippen LogP) is 3.26. The third-order valence-corrected chi connectivity index (χ3v) is 3.46. The molecule has 0 saturated heterocycles. The molecule has 5 heteroatoms. The monoisotopic (exact) mass is 285 g/mol. The molecule has 1 heterocycles. The molecule has 0 fully saturated rings. The average molecular weight is 285 g/mol. The molecule has 1 atom stereocenters. The average Bonchev–Trinajstić information content (AvgIpc) is 2.87. The number of hydrogen-bond donors (Lipinski definition) is 3. The van der Waals surface area contributed by atoms with Gasteiger partial charge in [0.05, 0.1) is 17.6 Å². The van der Waals surface area contributed by atoms with Gasteiger partial charge in [0.15, 0.2) is 0 Å². The van der Waals surface area contributed by atoms with Crippen molar-refractivity contribution in [2.75, 3.05) is 0 Å². The van der Waals surface area contributed by atoms with Crippen molar-refractivity contribution in [2.24, 2.45) is 0 Å². The number of aromatic hydroxyl groups is 1. The van der Waals surface area contributed by atoms with Crippen LogP contribution in [0.5, 0.6) is 5.75 Å². The van der Waals surface area contributed by atoms with Gasteiger partial charge in [-0.2, -0.15) is 0 Å². The van der Waals surface area contributed by atoms with Crippen molar-refractivity contribution < 1.29 is 9.50 Å².